The molecule has 3 N–H and O–H groups in total. The van der Waals surface area contributed by atoms with E-state index in [-0.39, 0.29) is 6.09 Å². The summed E-state index contributed by atoms with van der Waals surface area (Å²) in [5.74, 6) is -0.0863. The summed E-state index contributed by atoms with van der Waals surface area (Å²) in [5, 5.41) is 1.05. The van der Waals surface area contributed by atoms with Crippen LogP contribution in [0.5, 0.6) is 0 Å². The first-order valence-electron chi connectivity index (χ1n) is 9.05. The van der Waals surface area contributed by atoms with Gasteiger partial charge >= 0.3 is 6.09 Å². The van der Waals surface area contributed by atoms with Crippen molar-refractivity contribution in [3.05, 3.63) is 29.5 Å². The molecule has 2 amide bonds. The minimum Gasteiger partial charge on any atom is -0.444 e. The number of rotatable bonds is 2. The number of benzene rings is 1. The first-order valence-corrected chi connectivity index (χ1v) is 9.05. The number of ether oxygens (including phenoxy) is 1. The summed E-state index contributed by atoms with van der Waals surface area (Å²) in [5.41, 5.74) is 8.57. The number of piperidine rings is 1. The van der Waals surface area contributed by atoms with Crippen molar-refractivity contribution in [1.82, 2.24) is 9.88 Å². The molecule has 1 fully saturated rings. The quantitative estimate of drug-likeness (QED) is 0.803. The maximum absolute atomic E-state index is 12.2. The molecule has 0 bridgehead atoms. The summed E-state index contributed by atoms with van der Waals surface area (Å²) in [6, 6.07) is 3.91. The van der Waals surface area contributed by atoms with Gasteiger partial charge in [-0.05, 0) is 45.1 Å². The fourth-order valence-corrected chi connectivity index (χ4v) is 3.63. The topological polar surface area (TPSA) is 88.4 Å². The van der Waals surface area contributed by atoms with Crippen LogP contribution in [0.1, 0.15) is 55.5 Å². The van der Waals surface area contributed by atoms with E-state index in [4.69, 9.17) is 10.5 Å². The zero-order valence-corrected chi connectivity index (χ0v) is 15.9. The number of nitrogens with one attached hydrogen (secondary N) is 1. The Labute approximate surface area is 154 Å². The van der Waals surface area contributed by atoms with Gasteiger partial charge in [0.25, 0.3) is 5.91 Å². The molecule has 1 aliphatic heterocycles. The Bertz CT molecular complexity index is 846. The van der Waals surface area contributed by atoms with E-state index in [0.717, 1.165) is 29.2 Å². The smallest absolute Gasteiger partial charge is 0.410 e. The summed E-state index contributed by atoms with van der Waals surface area (Å²) in [6.45, 7) is 6.97. The third kappa shape index (κ3) is 3.71. The molecule has 138 valence electrons. The Hall–Kier alpha value is -2.44. The number of amides is 2. The summed E-state index contributed by atoms with van der Waals surface area (Å²) >= 11 is 0. The number of nitrogens with zero attached hydrogens (tertiary/aromatic N) is 1. The molecule has 0 saturated carbocycles. The van der Waals surface area contributed by atoms with Gasteiger partial charge in [0.1, 0.15) is 13.4 Å². The number of carbonyl (C=O) groups excluding carboxylic acids is 2. The second-order valence-corrected chi connectivity index (χ2v) is 8.08. The predicted octanol–water partition coefficient (Wildman–Crippen LogP) is 1.64. The number of H-pyrrole nitrogens is 1. The van der Waals surface area contributed by atoms with E-state index in [0.29, 0.717) is 24.6 Å². The van der Waals surface area contributed by atoms with Crippen molar-refractivity contribution in [2.45, 2.75) is 45.1 Å². The van der Waals surface area contributed by atoms with Crippen LogP contribution in [0.4, 0.5) is 4.79 Å². The van der Waals surface area contributed by atoms with Gasteiger partial charge in [-0.1, -0.05) is 17.6 Å². The Morgan fingerprint density at radius 2 is 1.92 bits per heavy atom. The van der Waals surface area contributed by atoms with Crippen LogP contribution in [-0.2, 0) is 4.74 Å². The molecule has 2 aromatic rings. The molecule has 3 rings (SSSR count). The fourth-order valence-electron chi connectivity index (χ4n) is 3.63. The van der Waals surface area contributed by atoms with Crippen LogP contribution >= 0.6 is 0 Å². The second-order valence-electron chi connectivity index (χ2n) is 8.08. The van der Waals surface area contributed by atoms with Gasteiger partial charge in [0.15, 0.2) is 0 Å². The maximum Gasteiger partial charge on any atom is 0.410 e. The summed E-state index contributed by atoms with van der Waals surface area (Å²) in [7, 11) is 1.97. The van der Waals surface area contributed by atoms with Crippen molar-refractivity contribution >= 4 is 36.2 Å². The second kappa shape index (κ2) is 6.70. The van der Waals surface area contributed by atoms with E-state index >= 15 is 0 Å². The highest BCUT2D eigenvalue weighted by Crippen LogP contribution is 2.34. The largest absolute Gasteiger partial charge is 0.444 e. The number of hydrogen-bond acceptors (Lipinski definition) is 3. The van der Waals surface area contributed by atoms with Crippen LogP contribution in [-0.4, -0.2) is 48.4 Å². The number of nitrogens with two attached hydrogens (primary N) is 1. The normalized spacial score (nSPS) is 16.0. The monoisotopic (exact) mass is 355 g/mol. The molecule has 0 spiro atoms. The zero-order chi connectivity index (χ0) is 19.1. The molecule has 2 heterocycles. The predicted molar refractivity (Wildman–Crippen MR) is 105 cm³/mol. The molecule has 1 aromatic heterocycles. The SMILES string of the molecule is Bc1cc(C(N)=O)c2[nH]cc(C3CCN(C(=O)OC(C)(C)C)CC3)c2c1. The number of fused-ring (bicyclic) bond motifs is 1. The van der Waals surface area contributed by atoms with Crippen LogP contribution < -0.4 is 11.2 Å². The van der Waals surface area contributed by atoms with Gasteiger partial charge in [0, 0.05) is 24.7 Å². The van der Waals surface area contributed by atoms with Gasteiger partial charge in [0.2, 0.25) is 0 Å². The van der Waals surface area contributed by atoms with E-state index in [1.54, 1.807) is 4.90 Å². The summed E-state index contributed by atoms with van der Waals surface area (Å²) in [6.07, 6.45) is 3.46. The van der Waals surface area contributed by atoms with Gasteiger partial charge in [0.05, 0.1) is 11.1 Å². The average Bonchev–Trinajstić information content (AvgIpc) is 2.96. The number of aromatic nitrogens is 1. The van der Waals surface area contributed by atoms with E-state index in [9.17, 15) is 9.59 Å². The summed E-state index contributed by atoms with van der Waals surface area (Å²) < 4.78 is 5.46. The molecule has 26 heavy (non-hydrogen) atoms. The van der Waals surface area contributed by atoms with Gasteiger partial charge < -0.3 is 20.4 Å². The van der Waals surface area contributed by atoms with Crippen molar-refractivity contribution < 1.29 is 14.3 Å². The molecule has 7 heteroatoms. The Morgan fingerprint density at radius 1 is 1.27 bits per heavy atom. The van der Waals surface area contributed by atoms with E-state index < -0.39 is 11.5 Å². The molecular formula is C19H26BN3O3. The molecule has 0 aliphatic carbocycles. The standard InChI is InChI=1S/C19H26BN3O3/c1-19(2,3)26-18(25)23-6-4-11(5-7-23)15-10-22-16-13(15)8-12(20)9-14(16)17(21)24/h8-11,22H,4-7,20H2,1-3H3,(H2,21,24). The van der Waals surface area contributed by atoms with Gasteiger partial charge in [-0.3, -0.25) is 4.79 Å². The van der Waals surface area contributed by atoms with Crippen molar-refractivity contribution in [3.8, 4) is 0 Å². The zero-order valence-electron chi connectivity index (χ0n) is 15.9. The van der Waals surface area contributed by atoms with Crippen molar-refractivity contribution in [2.75, 3.05) is 13.1 Å². The molecule has 0 atom stereocenters. The van der Waals surface area contributed by atoms with E-state index in [1.807, 2.05) is 40.9 Å². The molecule has 0 unspecified atom stereocenters. The third-order valence-corrected chi connectivity index (χ3v) is 4.82. The van der Waals surface area contributed by atoms with Crippen LogP contribution in [0.2, 0.25) is 0 Å². The van der Waals surface area contributed by atoms with E-state index in [1.165, 1.54) is 5.56 Å². The number of aromatic amines is 1. The van der Waals surface area contributed by atoms with Crippen molar-refractivity contribution in [3.63, 3.8) is 0 Å². The highest BCUT2D eigenvalue weighted by Gasteiger charge is 2.28. The molecule has 1 aliphatic rings. The first-order chi connectivity index (χ1) is 12.2. The maximum atomic E-state index is 12.2. The van der Waals surface area contributed by atoms with Crippen molar-refractivity contribution in [2.24, 2.45) is 5.73 Å². The lowest BCUT2D eigenvalue weighted by Crippen LogP contribution is -2.41. The lowest BCUT2D eigenvalue weighted by atomic mass is 9.86. The van der Waals surface area contributed by atoms with Crippen LogP contribution in [0.3, 0.4) is 0 Å². The Kier molecular flexibility index (Phi) is 4.73. The number of hydrogen-bond donors (Lipinski definition) is 2. The highest BCUT2D eigenvalue weighted by molar-refractivity contribution is 6.34. The third-order valence-electron chi connectivity index (χ3n) is 4.82. The van der Waals surface area contributed by atoms with Crippen LogP contribution in [0.25, 0.3) is 10.9 Å². The Balaban J connectivity index is 1.78. The van der Waals surface area contributed by atoms with Crippen LogP contribution in [0, 0.1) is 0 Å². The molecular weight excluding hydrogens is 329 g/mol. The number of primary amides is 1. The van der Waals surface area contributed by atoms with Gasteiger partial charge in [-0.2, -0.15) is 0 Å². The van der Waals surface area contributed by atoms with Crippen molar-refractivity contribution in [1.29, 1.82) is 0 Å². The van der Waals surface area contributed by atoms with Gasteiger partial charge in [-0.15, -0.1) is 0 Å². The van der Waals surface area contributed by atoms with Gasteiger partial charge in [-0.25, -0.2) is 4.79 Å². The Morgan fingerprint density at radius 3 is 2.50 bits per heavy atom. The molecule has 0 radical (unpaired) electrons. The minimum atomic E-state index is -0.479. The molecule has 1 aromatic carbocycles. The first kappa shape index (κ1) is 18.4. The number of likely N-dealkylation sites (tertiary alicyclic amines) is 1. The van der Waals surface area contributed by atoms with Crippen LogP contribution in [0.15, 0.2) is 18.3 Å². The summed E-state index contributed by atoms with van der Waals surface area (Å²) in [4.78, 5) is 29.0. The fraction of sp³-hybridized carbons (Fsp3) is 0.474. The highest BCUT2D eigenvalue weighted by atomic mass is 16.6. The minimum absolute atomic E-state index is 0.248. The molecule has 1 saturated heterocycles. The lowest BCUT2D eigenvalue weighted by molar-refractivity contribution is 0.0205. The molecule has 6 nitrogen and oxygen atoms in total. The number of carbonyl (C=O) groups is 2. The lowest BCUT2D eigenvalue weighted by Gasteiger charge is -2.33. The average molecular weight is 355 g/mol. The van der Waals surface area contributed by atoms with E-state index in [2.05, 4.69) is 11.1 Å².